The molecule has 0 radical (unpaired) electrons. The van der Waals surface area contributed by atoms with Crippen LogP contribution in [0.25, 0.3) is 10.9 Å². The molecular formula is C20H23FN2O2S. The van der Waals surface area contributed by atoms with Gasteiger partial charge in [-0.05, 0) is 63.6 Å². The molecule has 0 fully saturated rings. The Hall–Kier alpha value is -2.18. The van der Waals surface area contributed by atoms with Gasteiger partial charge in [-0.3, -0.25) is 0 Å². The van der Waals surface area contributed by atoms with Crippen molar-refractivity contribution in [1.82, 2.24) is 9.29 Å². The van der Waals surface area contributed by atoms with Gasteiger partial charge in [-0.25, -0.2) is 17.5 Å². The molecular weight excluding hydrogens is 351 g/mol. The fourth-order valence-electron chi connectivity index (χ4n) is 3.18. The quantitative estimate of drug-likeness (QED) is 0.729. The predicted octanol–water partition coefficient (Wildman–Crippen LogP) is 4.15. The van der Waals surface area contributed by atoms with E-state index in [0.717, 1.165) is 22.0 Å². The zero-order chi connectivity index (χ0) is 19.1. The van der Waals surface area contributed by atoms with Crippen molar-refractivity contribution in [1.29, 1.82) is 0 Å². The minimum Gasteiger partial charge on any atom is -0.345 e. The van der Waals surface area contributed by atoms with E-state index in [2.05, 4.69) is 4.72 Å². The molecule has 0 aliphatic rings. The molecule has 0 atom stereocenters. The van der Waals surface area contributed by atoms with Crippen molar-refractivity contribution < 1.29 is 12.8 Å². The van der Waals surface area contributed by atoms with E-state index in [1.54, 1.807) is 30.3 Å². The Bertz CT molecular complexity index is 1050. The van der Waals surface area contributed by atoms with Crippen LogP contribution in [0.2, 0.25) is 0 Å². The summed E-state index contributed by atoms with van der Waals surface area (Å²) in [4.78, 5) is 0.242. The Morgan fingerprint density at radius 3 is 2.38 bits per heavy atom. The van der Waals surface area contributed by atoms with Crippen molar-refractivity contribution in [3.63, 3.8) is 0 Å². The minimum atomic E-state index is -3.63. The number of aryl methyl sites for hydroxylation is 2. The van der Waals surface area contributed by atoms with E-state index in [0.29, 0.717) is 6.54 Å². The molecule has 0 aliphatic carbocycles. The molecule has 0 saturated carbocycles. The number of hydrogen-bond donors (Lipinski definition) is 1. The average Bonchev–Trinajstić information content (AvgIpc) is 2.81. The Morgan fingerprint density at radius 2 is 1.73 bits per heavy atom. The van der Waals surface area contributed by atoms with Crippen LogP contribution in [0.5, 0.6) is 0 Å². The van der Waals surface area contributed by atoms with E-state index in [1.165, 1.54) is 12.1 Å². The standard InChI is InChI=1S/C20H23FN2O2S/c1-14-5-8-17(9-6-14)26(24,25)22-20(3,4)13-23-12-15(2)18-11-16(21)7-10-19(18)23/h5-12,22H,13H2,1-4H3. The van der Waals surface area contributed by atoms with E-state index in [1.807, 2.05) is 38.5 Å². The lowest BCUT2D eigenvalue weighted by Crippen LogP contribution is -2.46. The highest BCUT2D eigenvalue weighted by atomic mass is 32.2. The number of hydrogen-bond acceptors (Lipinski definition) is 2. The van der Waals surface area contributed by atoms with E-state index >= 15 is 0 Å². The van der Waals surface area contributed by atoms with Crippen LogP contribution in [0.1, 0.15) is 25.0 Å². The molecule has 0 spiro atoms. The van der Waals surface area contributed by atoms with Crippen LogP contribution in [0, 0.1) is 19.7 Å². The first-order valence-electron chi connectivity index (χ1n) is 8.43. The lowest BCUT2D eigenvalue weighted by molar-refractivity contribution is 0.395. The van der Waals surface area contributed by atoms with Gasteiger partial charge < -0.3 is 4.57 Å². The smallest absolute Gasteiger partial charge is 0.241 e. The summed E-state index contributed by atoms with van der Waals surface area (Å²) in [6.45, 7) is 7.93. The van der Waals surface area contributed by atoms with Gasteiger partial charge in [0.1, 0.15) is 5.82 Å². The molecule has 3 aromatic rings. The van der Waals surface area contributed by atoms with Crippen molar-refractivity contribution >= 4 is 20.9 Å². The summed E-state index contributed by atoms with van der Waals surface area (Å²) in [6, 6.07) is 11.4. The van der Waals surface area contributed by atoms with Crippen LogP contribution in [0.3, 0.4) is 0 Å². The maximum absolute atomic E-state index is 13.5. The summed E-state index contributed by atoms with van der Waals surface area (Å²) in [6.07, 6.45) is 1.92. The maximum Gasteiger partial charge on any atom is 0.241 e. The average molecular weight is 374 g/mol. The number of aromatic nitrogens is 1. The molecule has 0 bridgehead atoms. The van der Waals surface area contributed by atoms with E-state index in [-0.39, 0.29) is 10.7 Å². The first-order valence-corrected chi connectivity index (χ1v) is 9.91. The van der Waals surface area contributed by atoms with E-state index in [9.17, 15) is 12.8 Å². The second kappa shape index (κ2) is 6.52. The SMILES string of the molecule is Cc1ccc(S(=O)(=O)NC(C)(C)Cn2cc(C)c3cc(F)ccc32)cc1. The topological polar surface area (TPSA) is 51.1 Å². The minimum absolute atomic E-state index is 0.242. The summed E-state index contributed by atoms with van der Waals surface area (Å²) < 4.78 is 43.6. The van der Waals surface area contributed by atoms with Crippen molar-refractivity contribution in [3.05, 3.63) is 65.6 Å². The van der Waals surface area contributed by atoms with Gasteiger partial charge in [0.2, 0.25) is 10.0 Å². The zero-order valence-electron chi connectivity index (χ0n) is 15.4. The van der Waals surface area contributed by atoms with Crippen molar-refractivity contribution in [2.75, 3.05) is 0 Å². The molecule has 3 rings (SSSR count). The fourth-order valence-corrected chi connectivity index (χ4v) is 4.58. The van der Waals surface area contributed by atoms with Gasteiger partial charge in [0.05, 0.1) is 4.90 Å². The highest BCUT2D eigenvalue weighted by molar-refractivity contribution is 7.89. The maximum atomic E-state index is 13.5. The number of benzene rings is 2. The molecule has 138 valence electrons. The number of halogens is 1. The summed E-state index contributed by atoms with van der Waals surface area (Å²) in [5, 5.41) is 0.835. The number of fused-ring (bicyclic) bond motifs is 1. The van der Waals surface area contributed by atoms with Gasteiger partial charge in [-0.15, -0.1) is 0 Å². The van der Waals surface area contributed by atoms with Crippen LogP contribution in [-0.4, -0.2) is 18.5 Å². The number of nitrogens with zero attached hydrogens (tertiary/aromatic N) is 1. The fraction of sp³-hybridized carbons (Fsp3) is 0.300. The first kappa shape index (κ1) is 18.6. The molecule has 6 heteroatoms. The number of rotatable bonds is 5. The molecule has 0 aliphatic heterocycles. The second-order valence-corrected chi connectivity index (χ2v) is 9.09. The third-order valence-electron chi connectivity index (χ3n) is 4.35. The Morgan fingerprint density at radius 1 is 1.08 bits per heavy atom. The highest BCUT2D eigenvalue weighted by Gasteiger charge is 2.27. The normalized spacial score (nSPS) is 12.7. The van der Waals surface area contributed by atoms with E-state index in [4.69, 9.17) is 0 Å². The first-order chi connectivity index (χ1) is 12.1. The highest BCUT2D eigenvalue weighted by Crippen LogP contribution is 2.24. The van der Waals surface area contributed by atoms with E-state index < -0.39 is 15.6 Å². The Kier molecular flexibility index (Phi) is 4.67. The lowest BCUT2D eigenvalue weighted by atomic mass is 10.1. The van der Waals surface area contributed by atoms with Gasteiger partial charge in [0.15, 0.2) is 0 Å². The predicted molar refractivity (Wildman–Crippen MR) is 102 cm³/mol. The molecule has 0 unspecified atom stereocenters. The van der Waals surface area contributed by atoms with Crippen LogP contribution < -0.4 is 4.72 Å². The van der Waals surface area contributed by atoms with Gasteiger partial charge >= 0.3 is 0 Å². The molecule has 26 heavy (non-hydrogen) atoms. The molecule has 1 N–H and O–H groups in total. The van der Waals surface area contributed by atoms with Gasteiger partial charge in [-0.2, -0.15) is 0 Å². The van der Waals surface area contributed by atoms with Gasteiger partial charge in [0.25, 0.3) is 0 Å². The van der Waals surface area contributed by atoms with Crippen LogP contribution in [-0.2, 0) is 16.6 Å². The summed E-state index contributed by atoms with van der Waals surface area (Å²) >= 11 is 0. The Labute approximate surface area is 153 Å². The monoisotopic (exact) mass is 374 g/mol. The van der Waals surface area contributed by atoms with Crippen LogP contribution >= 0.6 is 0 Å². The lowest BCUT2D eigenvalue weighted by Gasteiger charge is -2.27. The third kappa shape index (κ3) is 3.81. The van der Waals surface area contributed by atoms with Crippen LogP contribution in [0.4, 0.5) is 4.39 Å². The molecule has 0 amide bonds. The van der Waals surface area contributed by atoms with Crippen molar-refractivity contribution in [2.24, 2.45) is 0 Å². The number of nitrogens with one attached hydrogen (secondary N) is 1. The Balaban J connectivity index is 1.88. The summed E-state index contributed by atoms with van der Waals surface area (Å²) in [5.41, 5.74) is 2.11. The largest absolute Gasteiger partial charge is 0.345 e. The molecule has 4 nitrogen and oxygen atoms in total. The second-order valence-electron chi connectivity index (χ2n) is 7.40. The summed E-state index contributed by atoms with van der Waals surface area (Å²) in [7, 11) is -3.63. The molecule has 2 aromatic carbocycles. The molecule has 0 saturated heterocycles. The molecule has 1 heterocycles. The number of sulfonamides is 1. The molecule has 1 aromatic heterocycles. The van der Waals surface area contributed by atoms with Gasteiger partial charge in [-0.1, -0.05) is 17.7 Å². The zero-order valence-corrected chi connectivity index (χ0v) is 16.2. The van der Waals surface area contributed by atoms with Crippen LogP contribution in [0.15, 0.2) is 53.6 Å². The van der Waals surface area contributed by atoms with Crippen molar-refractivity contribution in [3.8, 4) is 0 Å². The third-order valence-corrected chi connectivity index (χ3v) is 6.06. The van der Waals surface area contributed by atoms with Crippen molar-refractivity contribution in [2.45, 2.75) is 44.7 Å². The van der Waals surface area contributed by atoms with Gasteiger partial charge in [0, 0.05) is 29.2 Å². The summed E-state index contributed by atoms with van der Waals surface area (Å²) in [5.74, 6) is -0.280.